The van der Waals surface area contributed by atoms with Crippen LogP contribution in [0.3, 0.4) is 0 Å². The van der Waals surface area contributed by atoms with Crippen LogP contribution >= 0.6 is 24.4 Å². The van der Waals surface area contributed by atoms with Gasteiger partial charge in [0.05, 0.1) is 13.2 Å². The third kappa shape index (κ3) is 9.36. The number of nitrogens with one attached hydrogen (secondary N) is 1. The zero-order valence-corrected chi connectivity index (χ0v) is 9.95. The molecular formula is C8H13NO4S2. The first-order valence-corrected chi connectivity index (χ1v) is 5.20. The molecule has 0 radical (unpaired) electrons. The van der Waals surface area contributed by atoms with Gasteiger partial charge in [-0.15, -0.1) is 0 Å². The van der Waals surface area contributed by atoms with Crippen LogP contribution in [-0.4, -0.2) is 34.6 Å². The number of carboxylic acids is 1. The lowest BCUT2D eigenvalue weighted by molar-refractivity contribution is -0.137. The smallest absolute Gasteiger partial charge is 0.303 e. The van der Waals surface area contributed by atoms with Crippen molar-refractivity contribution in [3.63, 3.8) is 0 Å². The van der Waals surface area contributed by atoms with E-state index >= 15 is 0 Å². The van der Waals surface area contributed by atoms with Gasteiger partial charge < -0.3 is 14.6 Å². The first-order chi connectivity index (χ1) is 7.06. The SMILES string of the molecule is CCOC(=S)NC(=S)OCCCC(=O)O. The molecule has 0 unspecified atom stereocenters. The minimum absolute atomic E-state index is 0.0541. The molecule has 0 spiro atoms. The van der Waals surface area contributed by atoms with E-state index in [2.05, 4.69) is 5.32 Å². The van der Waals surface area contributed by atoms with Crippen LogP contribution in [0.25, 0.3) is 0 Å². The Hall–Kier alpha value is -0.950. The molecule has 0 aliphatic heterocycles. The van der Waals surface area contributed by atoms with Crippen molar-refractivity contribution in [3.05, 3.63) is 0 Å². The van der Waals surface area contributed by atoms with E-state index in [4.69, 9.17) is 39.0 Å². The van der Waals surface area contributed by atoms with E-state index in [1.165, 1.54) is 0 Å². The summed E-state index contributed by atoms with van der Waals surface area (Å²) in [5.41, 5.74) is 0. The van der Waals surface area contributed by atoms with Crippen LogP contribution in [0.15, 0.2) is 0 Å². The molecule has 0 saturated carbocycles. The molecule has 0 aromatic rings. The Balaban J connectivity index is 3.49. The van der Waals surface area contributed by atoms with Gasteiger partial charge in [-0.25, -0.2) is 0 Å². The molecule has 0 aromatic heterocycles. The molecule has 0 saturated heterocycles. The highest BCUT2D eigenvalue weighted by Gasteiger charge is 2.02. The normalized spacial score (nSPS) is 9.13. The minimum Gasteiger partial charge on any atom is -0.481 e. The zero-order valence-electron chi connectivity index (χ0n) is 8.32. The summed E-state index contributed by atoms with van der Waals surface area (Å²) < 4.78 is 9.91. The Labute approximate surface area is 98.7 Å². The lowest BCUT2D eigenvalue weighted by Gasteiger charge is -2.09. The van der Waals surface area contributed by atoms with Gasteiger partial charge in [-0.1, -0.05) is 0 Å². The van der Waals surface area contributed by atoms with E-state index in [0.29, 0.717) is 13.0 Å². The molecule has 0 rings (SSSR count). The molecular weight excluding hydrogens is 238 g/mol. The molecule has 0 aliphatic rings. The third-order valence-electron chi connectivity index (χ3n) is 1.25. The Morgan fingerprint density at radius 3 is 2.47 bits per heavy atom. The average Bonchev–Trinajstić information content (AvgIpc) is 2.12. The summed E-state index contributed by atoms with van der Waals surface area (Å²) >= 11 is 9.53. The van der Waals surface area contributed by atoms with Crippen LogP contribution in [0.1, 0.15) is 19.8 Å². The van der Waals surface area contributed by atoms with Crippen molar-refractivity contribution >= 4 is 40.8 Å². The minimum atomic E-state index is -0.859. The molecule has 0 fully saturated rings. The number of ether oxygens (including phenoxy) is 2. The fourth-order valence-electron chi connectivity index (χ4n) is 0.675. The largest absolute Gasteiger partial charge is 0.481 e. The predicted molar refractivity (Wildman–Crippen MR) is 62.8 cm³/mol. The lowest BCUT2D eigenvalue weighted by atomic mass is 10.3. The molecule has 15 heavy (non-hydrogen) atoms. The number of carbonyl (C=O) groups is 1. The van der Waals surface area contributed by atoms with Crippen molar-refractivity contribution in [1.29, 1.82) is 0 Å². The third-order valence-corrected chi connectivity index (χ3v) is 1.69. The van der Waals surface area contributed by atoms with Crippen molar-refractivity contribution in [2.75, 3.05) is 13.2 Å². The number of carboxylic acid groups (broad SMARTS) is 1. The standard InChI is InChI=1S/C8H13NO4S2/c1-2-12-7(14)9-8(15)13-5-3-4-6(10)11/h2-5H2,1H3,(H,10,11)(H,9,14,15). The van der Waals surface area contributed by atoms with E-state index in [9.17, 15) is 4.79 Å². The van der Waals surface area contributed by atoms with Gasteiger partial charge in [-0.3, -0.25) is 10.1 Å². The average molecular weight is 251 g/mol. The van der Waals surface area contributed by atoms with E-state index in [-0.39, 0.29) is 23.4 Å². The van der Waals surface area contributed by atoms with Gasteiger partial charge in [0, 0.05) is 6.42 Å². The van der Waals surface area contributed by atoms with E-state index < -0.39 is 5.97 Å². The quantitative estimate of drug-likeness (QED) is 0.559. The summed E-state index contributed by atoms with van der Waals surface area (Å²) in [6, 6.07) is 0. The molecule has 2 N–H and O–H groups in total. The number of hydrogen-bond donors (Lipinski definition) is 2. The van der Waals surface area contributed by atoms with Crippen molar-refractivity contribution in [2.24, 2.45) is 0 Å². The highest BCUT2D eigenvalue weighted by atomic mass is 32.1. The first-order valence-electron chi connectivity index (χ1n) is 4.38. The topological polar surface area (TPSA) is 67.8 Å². The first kappa shape index (κ1) is 14.1. The highest BCUT2D eigenvalue weighted by Crippen LogP contribution is 1.91. The zero-order chi connectivity index (χ0) is 11.7. The van der Waals surface area contributed by atoms with E-state index in [0.717, 1.165) is 0 Å². The molecule has 0 aromatic carbocycles. The van der Waals surface area contributed by atoms with Crippen LogP contribution in [0.2, 0.25) is 0 Å². The molecule has 0 heterocycles. The number of rotatable bonds is 5. The van der Waals surface area contributed by atoms with Gasteiger partial charge in [-0.05, 0) is 37.8 Å². The van der Waals surface area contributed by atoms with Gasteiger partial charge >= 0.3 is 5.97 Å². The Kier molecular flexibility index (Phi) is 7.84. The second-order valence-corrected chi connectivity index (χ2v) is 3.22. The summed E-state index contributed by atoms with van der Waals surface area (Å²) in [5.74, 6) is -0.859. The fraction of sp³-hybridized carbons (Fsp3) is 0.625. The molecule has 0 amide bonds. The van der Waals surface area contributed by atoms with E-state index in [1.807, 2.05) is 0 Å². The maximum Gasteiger partial charge on any atom is 0.303 e. The van der Waals surface area contributed by atoms with Crippen LogP contribution in [0, 0.1) is 0 Å². The summed E-state index contributed by atoms with van der Waals surface area (Å²) in [5, 5.41) is 11.1. The summed E-state index contributed by atoms with van der Waals surface area (Å²) in [6.07, 6.45) is 0.455. The molecule has 7 heteroatoms. The van der Waals surface area contributed by atoms with E-state index in [1.54, 1.807) is 6.92 Å². The van der Waals surface area contributed by atoms with Crippen LogP contribution < -0.4 is 5.32 Å². The van der Waals surface area contributed by atoms with Gasteiger partial charge in [0.1, 0.15) is 0 Å². The van der Waals surface area contributed by atoms with Gasteiger partial charge in [0.25, 0.3) is 10.3 Å². The molecule has 5 nitrogen and oxygen atoms in total. The van der Waals surface area contributed by atoms with Crippen molar-refractivity contribution in [3.8, 4) is 0 Å². The predicted octanol–water partition coefficient (Wildman–Crippen LogP) is 1.06. The van der Waals surface area contributed by atoms with Crippen LogP contribution in [-0.2, 0) is 14.3 Å². The molecule has 0 bridgehead atoms. The van der Waals surface area contributed by atoms with Crippen LogP contribution in [0.4, 0.5) is 0 Å². The highest BCUT2D eigenvalue weighted by molar-refractivity contribution is 7.81. The number of aliphatic carboxylic acids is 1. The second-order valence-electron chi connectivity index (χ2n) is 2.48. The molecule has 86 valence electrons. The Bertz CT molecular complexity index is 245. The second kappa shape index (κ2) is 8.37. The van der Waals surface area contributed by atoms with Gasteiger partial charge in [-0.2, -0.15) is 0 Å². The van der Waals surface area contributed by atoms with Crippen LogP contribution in [0.5, 0.6) is 0 Å². The van der Waals surface area contributed by atoms with Gasteiger partial charge in [0.2, 0.25) is 0 Å². The lowest BCUT2D eigenvalue weighted by Crippen LogP contribution is -2.31. The summed E-state index contributed by atoms with van der Waals surface area (Å²) in [4.78, 5) is 10.2. The maximum absolute atomic E-state index is 10.2. The van der Waals surface area contributed by atoms with Gasteiger partial charge in [0.15, 0.2) is 0 Å². The Morgan fingerprint density at radius 1 is 1.33 bits per heavy atom. The maximum atomic E-state index is 10.2. The summed E-state index contributed by atoms with van der Waals surface area (Å²) in [6.45, 7) is 2.49. The number of thiocarbonyl (C=S) groups is 2. The molecule has 0 aliphatic carbocycles. The monoisotopic (exact) mass is 251 g/mol. The Morgan fingerprint density at radius 2 is 1.93 bits per heavy atom. The van der Waals surface area contributed by atoms with Crippen molar-refractivity contribution in [2.45, 2.75) is 19.8 Å². The van der Waals surface area contributed by atoms with Crippen molar-refractivity contribution < 1.29 is 19.4 Å². The fourth-order valence-corrected chi connectivity index (χ4v) is 1.13. The number of hydrogen-bond acceptors (Lipinski definition) is 5. The molecule has 0 atom stereocenters. The summed E-state index contributed by atoms with van der Waals surface area (Å²) in [7, 11) is 0. The van der Waals surface area contributed by atoms with Crippen molar-refractivity contribution in [1.82, 2.24) is 5.32 Å².